The standard InChI is InChI=1S/C12H24N2O3S/c1-4-5-11(2,13)10(15)14-8-12(6-7-12)9-18(3,16)17/h4-9,13H2,1-3H3,(H,14,15). The first-order valence-corrected chi connectivity index (χ1v) is 8.41. The van der Waals surface area contributed by atoms with E-state index in [-0.39, 0.29) is 17.1 Å². The van der Waals surface area contributed by atoms with Crippen molar-refractivity contribution in [3.8, 4) is 0 Å². The summed E-state index contributed by atoms with van der Waals surface area (Å²) < 4.78 is 22.6. The van der Waals surface area contributed by atoms with Crippen LogP contribution in [0.25, 0.3) is 0 Å². The molecule has 1 amide bonds. The lowest BCUT2D eigenvalue weighted by molar-refractivity contribution is -0.126. The number of carbonyl (C=O) groups is 1. The van der Waals surface area contributed by atoms with Crippen molar-refractivity contribution in [2.24, 2.45) is 11.1 Å². The first-order valence-electron chi connectivity index (χ1n) is 6.35. The molecule has 0 bridgehead atoms. The molecule has 18 heavy (non-hydrogen) atoms. The Bertz CT molecular complexity index is 411. The Morgan fingerprint density at radius 1 is 1.44 bits per heavy atom. The Balaban J connectivity index is 2.49. The van der Waals surface area contributed by atoms with Gasteiger partial charge >= 0.3 is 0 Å². The monoisotopic (exact) mass is 276 g/mol. The number of nitrogens with one attached hydrogen (secondary N) is 1. The molecule has 1 atom stereocenters. The quantitative estimate of drug-likeness (QED) is 0.706. The number of rotatable bonds is 7. The Kier molecular flexibility index (Phi) is 4.43. The fourth-order valence-electron chi connectivity index (χ4n) is 2.21. The SMILES string of the molecule is CCCC(C)(N)C(=O)NCC1(CS(C)(=O)=O)CC1. The molecule has 0 aromatic carbocycles. The number of nitrogens with two attached hydrogens (primary N) is 1. The lowest BCUT2D eigenvalue weighted by atomic mass is 9.96. The van der Waals surface area contributed by atoms with Gasteiger partial charge in [0.05, 0.1) is 11.3 Å². The van der Waals surface area contributed by atoms with Crippen LogP contribution >= 0.6 is 0 Å². The number of hydrogen-bond donors (Lipinski definition) is 2. The van der Waals surface area contributed by atoms with Gasteiger partial charge in [0.15, 0.2) is 0 Å². The predicted octanol–water partition coefficient (Wildman–Crippen LogP) is 0.445. The summed E-state index contributed by atoms with van der Waals surface area (Å²) in [7, 11) is -3.00. The van der Waals surface area contributed by atoms with Crippen molar-refractivity contribution < 1.29 is 13.2 Å². The number of amides is 1. The summed E-state index contributed by atoms with van der Waals surface area (Å²) in [5, 5.41) is 2.80. The molecule has 6 heteroatoms. The zero-order valence-electron chi connectivity index (χ0n) is 11.5. The summed E-state index contributed by atoms with van der Waals surface area (Å²) in [6.07, 6.45) is 4.41. The maximum atomic E-state index is 11.9. The molecule has 0 radical (unpaired) electrons. The highest BCUT2D eigenvalue weighted by Crippen LogP contribution is 2.46. The molecule has 1 unspecified atom stereocenters. The van der Waals surface area contributed by atoms with Crippen LogP contribution in [0.4, 0.5) is 0 Å². The minimum absolute atomic E-state index is 0.148. The third kappa shape index (κ3) is 4.57. The van der Waals surface area contributed by atoms with Crippen LogP contribution in [-0.2, 0) is 14.6 Å². The van der Waals surface area contributed by atoms with Gasteiger partial charge in [0.2, 0.25) is 5.91 Å². The van der Waals surface area contributed by atoms with Gasteiger partial charge in [-0.3, -0.25) is 4.79 Å². The normalized spacial score (nSPS) is 21.1. The van der Waals surface area contributed by atoms with Crippen LogP contribution in [0.5, 0.6) is 0 Å². The summed E-state index contributed by atoms with van der Waals surface area (Å²) in [5.74, 6) is -0.0425. The van der Waals surface area contributed by atoms with E-state index in [0.29, 0.717) is 13.0 Å². The fourth-order valence-corrected chi connectivity index (χ4v) is 3.71. The van der Waals surface area contributed by atoms with Crippen LogP contribution < -0.4 is 11.1 Å². The topological polar surface area (TPSA) is 89.3 Å². The summed E-state index contributed by atoms with van der Waals surface area (Å²) in [6.45, 7) is 4.10. The maximum absolute atomic E-state index is 11.9. The van der Waals surface area contributed by atoms with Crippen LogP contribution in [-0.4, -0.2) is 38.4 Å². The third-order valence-corrected chi connectivity index (χ3v) is 4.57. The van der Waals surface area contributed by atoms with Crippen molar-refractivity contribution in [3.63, 3.8) is 0 Å². The second-order valence-electron chi connectivity index (χ2n) is 5.92. The Hall–Kier alpha value is -0.620. The largest absolute Gasteiger partial charge is 0.354 e. The Morgan fingerprint density at radius 3 is 2.39 bits per heavy atom. The van der Waals surface area contributed by atoms with E-state index in [9.17, 15) is 13.2 Å². The smallest absolute Gasteiger partial charge is 0.239 e. The minimum atomic E-state index is -3.00. The van der Waals surface area contributed by atoms with Crippen LogP contribution in [0.15, 0.2) is 0 Å². The van der Waals surface area contributed by atoms with Gasteiger partial charge in [-0.25, -0.2) is 8.42 Å². The summed E-state index contributed by atoms with van der Waals surface area (Å²) in [4.78, 5) is 11.9. The molecule has 0 aromatic rings. The van der Waals surface area contributed by atoms with Crippen molar-refractivity contribution in [1.29, 1.82) is 0 Å². The number of hydrogen-bond acceptors (Lipinski definition) is 4. The predicted molar refractivity (Wildman–Crippen MR) is 71.9 cm³/mol. The van der Waals surface area contributed by atoms with Gasteiger partial charge in [0.1, 0.15) is 9.84 Å². The second-order valence-corrected chi connectivity index (χ2v) is 8.06. The fraction of sp³-hybridized carbons (Fsp3) is 0.917. The highest BCUT2D eigenvalue weighted by Gasteiger charge is 2.45. The second kappa shape index (κ2) is 5.17. The van der Waals surface area contributed by atoms with Gasteiger partial charge < -0.3 is 11.1 Å². The summed E-state index contributed by atoms with van der Waals surface area (Å²) in [6, 6.07) is 0. The highest BCUT2D eigenvalue weighted by molar-refractivity contribution is 7.90. The van der Waals surface area contributed by atoms with Crippen molar-refractivity contribution in [1.82, 2.24) is 5.32 Å². The molecule has 5 nitrogen and oxygen atoms in total. The van der Waals surface area contributed by atoms with Crippen LogP contribution in [0.2, 0.25) is 0 Å². The molecule has 3 N–H and O–H groups in total. The Morgan fingerprint density at radius 2 is 2.00 bits per heavy atom. The average Bonchev–Trinajstić information content (AvgIpc) is 2.92. The van der Waals surface area contributed by atoms with Crippen LogP contribution in [0, 0.1) is 5.41 Å². The van der Waals surface area contributed by atoms with Crippen molar-refractivity contribution >= 4 is 15.7 Å². The van der Waals surface area contributed by atoms with Gasteiger partial charge in [0.25, 0.3) is 0 Å². The van der Waals surface area contributed by atoms with Crippen molar-refractivity contribution in [2.75, 3.05) is 18.6 Å². The third-order valence-electron chi connectivity index (χ3n) is 3.44. The van der Waals surface area contributed by atoms with E-state index in [1.807, 2.05) is 6.92 Å². The zero-order chi connectivity index (χ0) is 14.0. The molecule has 0 aliphatic heterocycles. The highest BCUT2D eigenvalue weighted by atomic mass is 32.2. The first kappa shape index (κ1) is 15.4. The average molecular weight is 276 g/mol. The molecule has 1 aliphatic carbocycles. The molecule has 106 valence electrons. The molecule has 0 heterocycles. The number of carbonyl (C=O) groups excluding carboxylic acids is 1. The summed E-state index contributed by atoms with van der Waals surface area (Å²) in [5.41, 5.74) is 4.81. The van der Waals surface area contributed by atoms with E-state index in [2.05, 4.69) is 5.32 Å². The van der Waals surface area contributed by atoms with Gasteiger partial charge in [-0.15, -0.1) is 0 Å². The van der Waals surface area contributed by atoms with Crippen molar-refractivity contribution in [2.45, 2.75) is 45.1 Å². The van der Waals surface area contributed by atoms with E-state index < -0.39 is 15.4 Å². The molecule has 1 saturated carbocycles. The van der Waals surface area contributed by atoms with E-state index >= 15 is 0 Å². The van der Waals surface area contributed by atoms with E-state index in [4.69, 9.17) is 5.73 Å². The lowest BCUT2D eigenvalue weighted by Gasteiger charge is -2.24. The number of sulfone groups is 1. The minimum Gasteiger partial charge on any atom is -0.354 e. The first-order chi connectivity index (χ1) is 8.10. The summed E-state index contributed by atoms with van der Waals surface area (Å²) >= 11 is 0. The molecule has 0 saturated heterocycles. The van der Waals surface area contributed by atoms with E-state index in [1.165, 1.54) is 6.26 Å². The van der Waals surface area contributed by atoms with Crippen LogP contribution in [0.3, 0.4) is 0 Å². The molecular formula is C12H24N2O3S. The van der Waals surface area contributed by atoms with Gasteiger partial charge in [-0.05, 0) is 26.2 Å². The van der Waals surface area contributed by atoms with Crippen LogP contribution in [0.1, 0.15) is 39.5 Å². The van der Waals surface area contributed by atoms with Gasteiger partial charge in [-0.2, -0.15) is 0 Å². The zero-order valence-corrected chi connectivity index (χ0v) is 12.3. The molecule has 1 fully saturated rings. The molecule has 0 spiro atoms. The molecule has 1 aliphatic rings. The molecule has 0 aromatic heterocycles. The Labute approximate surface area is 109 Å². The van der Waals surface area contributed by atoms with Crippen molar-refractivity contribution in [3.05, 3.63) is 0 Å². The molecule has 1 rings (SSSR count). The lowest BCUT2D eigenvalue weighted by Crippen LogP contribution is -2.52. The van der Waals surface area contributed by atoms with Gasteiger partial charge in [-0.1, -0.05) is 13.3 Å². The molecular weight excluding hydrogens is 252 g/mol. The van der Waals surface area contributed by atoms with Gasteiger partial charge in [0, 0.05) is 18.2 Å². The van der Waals surface area contributed by atoms with E-state index in [0.717, 1.165) is 19.3 Å². The maximum Gasteiger partial charge on any atom is 0.239 e. The van der Waals surface area contributed by atoms with E-state index in [1.54, 1.807) is 6.92 Å².